The monoisotopic (exact) mass is 394 g/mol. The fraction of sp³-hybridized carbons (Fsp3) is 0.100. The van der Waals surface area contributed by atoms with E-state index in [4.69, 9.17) is 5.73 Å². The van der Waals surface area contributed by atoms with Crippen molar-refractivity contribution in [2.45, 2.75) is 12.5 Å². The molecule has 142 valence electrons. The van der Waals surface area contributed by atoms with E-state index in [9.17, 15) is 4.79 Å². The van der Waals surface area contributed by atoms with Gasteiger partial charge in [0.2, 0.25) is 0 Å². The Morgan fingerprint density at radius 2 is 1.96 bits per heavy atom. The van der Waals surface area contributed by atoms with E-state index in [0.29, 0.717) is 6.42 Å². The van der Waals surface area contributed by atoms with Crippen LogP contribution in [0.5, 0.6) is 0 Å². The van der Waals surface area contributed by atoms with Gasteiger partial charge < -0.3 is 10.7 Å². The predicted molar refractivity (Wildman–Crippen MR) is 113 cm³/mol. The number of aromatic amines is 1. The molecule has 4 rings (SSSR count). The van der Waals surface area contributed by atoms with Gasteiger partial charge >= 0.3 is 0 Å². The Hall–Kier alpha value is -3.29. The molecule has 0 saturated heterocycles. The zero-order valence-corrected chi connectivity index (χ0v) is 15.7. The Bertz CT molecular complexity index is 1140. The van der Waals surface area contributed by atoms with Crippen LogP contribution in [0.1, 0.15) is 11.1 Å². The number of H-pyrrole nitrogens is 1. The largest absolute Gasteiger partial charge is 0.361 e. The molecule has 0 saturated carbocycles. The van der Waals surface area contributed by atoms with E-state index >= 15 is 0 Å². The molecular formula is C20H19ClN6O. The Morgan fingerprint density at radius 3 is 2.82 bits per heavy atom. The summed E-state index contributed by atoms with van der Waals surface area (Å²) in [6.07, 6.45) is 7.15. The number of rotatable bonds is 5. The number of halogens is 1. The smallest absolute Gasteiger partial charge is 0.257 e. The van der Waals surface area contributed by atoms with Crippen molar-refractivity contribution in [2.24, 2.45) is 10.8 Å². The van der Waals surface area contributed by atoms with Crippen molar-refractivity contribution < 1.29 is 4.79 Å². The van der Waals surface area contributed by atoms with Gasteiger partial charge in [-0.3, -0.25) is 14.8 Å². The van der Waals surface area contributed by atoms with E-state index in [0.717, 1.165) is 33.1 Å². The summed E-state index contributed by atoms with van der Waals surface area (Å²) < 4.78 is 0. The van der Waals surface area contributed by atoms with Gasteiger partial charge in [0.05, 0.1) is 23.3 Å². The lowest BCUT2D eigenvalue weighted by Crippen LogP contribution is -2.39. The number of carbonyl (C=O) groups excluding carboxylic acids is 1. The van der Waals surface area contributed by atoms with Gasteiger partial charge in [-0.1, -0.05) is 24.3 Å². The van der Waals surface area contributed by atoms with Gasteiger partial charge in [-0.2, -0.15) is 5.10 Å². The molecule has 4 aromatic rings. The van der Waals surface area contributed by atoms with Crippen molar-refractivity contribution in [3.8, 4) is 0 Å². The number of nitrogens with one attached hydrogen (secondary N) is 2. The molecule has 0 spiro atoms. The van der Waals surface area contributed by atoms with Gasteiger partial charge in [0.25, 0.3) is 5.91 Å². The first kappa shape index (κ1) is 19.5. The van der Waals surface area contributed by atoms with Crippen LogP contribution in [0.2, 0.25) is 0 Å². The van der Waals surface area contributed by atoms with Gasteiger partial charge in [-0.25, -0.2) is 5.43 Å². The van der Waals surface area contributed by atoms with Crippen LogP contribution in [-0.2, 0) is 11.2 Å². The topological polar surface area (TPSA) is 109 Å². The zero-order valence-electron chi connectivity index (χ0n) is 14.9. The number of hydrogen-bond donors (Lipinski definition) is 3. The maximum atomic E-state index is 12.2. The summed E-state index contributed by atoms with van der Waals surface area (Å²) in [5, 5.41) is 5.07. The third kappa shape index (κ3) is 4.16. The molecule has 4 N–H and O–H groups in total. The van der Waals surface area contributed by atoms with Gasteiger partial charge in [0.1, 0.15) is 0 Å². The predicted octanol–water partition coefficient (Wildman–Crippen LogP) is 2.55. The van der Waals surface area contributed by atoms with Crippen LogP contribution >= 0.6 is 12.4 Å². The molecule has 28 heavy (non-hydrogen) atoms. The van der Waals surface area contributed by atoms with E-state index in [1.54, 1.807) is 18.6 Å². The molecule has 2 aromatic heterocycles. The minimum Gasteiger partial charge on any atom is -0.361 e. The van der Waals surface area contributed by atoms with E-state index in [2.05, 4.69) is 25.5 Å². The molecule has 0 bridgehead atoms. The van der Waals surface area contributed by atoms with Crippen molar-refractivity contribution in [2.75, 3.05) is 0 Å². The number of amides is 1. The Morgan fingerprint density at radius 1 is 1.18 bits per heavy atom. The third-order valence-corrected chi connectivity index (χ3v) is 4.33. The van der Waals surface area contributed by atoms with Crippen LogP contribution < -0.4 is 11.2 Å². The molecular weight excluding hydrogens is 376 g/mol. The van der Waals surface area contributed by atoms with Crippen LogP contribution in [0.25, 0.3) is 21.9 Å². The van der Waals surface area contributed by atoms with Gasteiger partial charge in [0, 0.05) is 29.5 Å². The molecule has 2 aromatic carbocycles. The van der Waals surface area contributed by atoms with Crippen LogP contribution in [0.15, 0.2) is 66.2 Å². The fourth-order valence-electron chi connectivity index (χ4n) is 2.94. The maximum Gasteiger partial charge on any atom is 0.257 e. The molecule has 0 radical (unpaired) electrons. The number of nitrogens with zero attached hydrogens (tertiary/aromatic N) is 3. The standard InChI is InChI=1S/C20H18N6O.ClH/c21-16(10-14-12-24-17-4-2-1-3-15(14)17)20(27)26-25-11-13-5-6-18-19(9-13)23-8-7-22-18;/h1-9,11-12,16,24H,10,21H2,(H,26,27);1H/b25-11-;. The first-order valence-corrected chi connectivity index (χ1v) is 8.55. The maximum absolute atomic E-state index is 12.2. The second-order valence-electron chi connectivity index (χ2n) is 6.21. The van der Waals surface area contributed by atoms with Gasteiger partial charge in [0.15, 0.2) is 0 Å². The van der Waals surface area contributed by atoms with Crippen molar-refractivity contribution in [1.29, 1.82) is 0 Å². The molecule has 1 atom stereocenters. The summed E-state index contributed by atoms with van der Waals surface area (Å²) in [5.74, 6) is -0.336. The van der Waals surface area contributed by atoms with Crippen molar-refractivity contribution in [3.63, 3.8) is 0 Å². The minimum absolute atomic E-state index is 0. The molecule has 2 heterocycles. The van der Waals surface area contributed by atoms with E-state index < -0.39 is 6.04 Å². The number of para-hydroxylation sites is 1. The lowest BCUT2D eigenvalue weighted by Gasteiger charge is -2.09. The normalized spacial score (nSPS) is 12.2. The number of hydrogen-bond acceptors (Lipinski definition) is 5. The molecule has 0 aliphatic rings. The van der Waals surface area contributed by atoms with Crippen LogP contribution in [-0.4, -0.2) is 33.1 Å². The first-order chi connectivity index (χ1) is 13.2. The van der Waals surface area contributed by atoms with Crippen LogP contribution in [0.3, 0.4) is 0 Å². The fourth-order valence-corrected chi connectivity index (χ4v) is 2.94. The summed E-state index contributed by atoms with van der Waals surface area (Å²) in [4.78, 5) is 23.9. The van der Waals surface area contributed by atoms with Crippen LogP contribution in [0.4, 0.5) is 0 Å². The minimum atomic E-state index is -0.691. The van der Waals surface area contributed by atoms with Crippen molar-refractivity contribution in [1.82, 2.24) is 20.4 Å². The van der Waals surface area contributed by atoms with Crippen molar-refractivity contribution >= 4 is 46.5 Å². The SMILES string of the molecule is Cl.NC(Cc1c[nH]c2ccccc12)C(=O)N/N=C\c1ccc2nccnc2c1. The zero-order chi connectivity index (χ0) is 18.6. The highest BCUT2D eigenvalue weighted by atomic mass is 35.5. The summed E-state index contributed by atoms with van der Waals surface area (Å²) in [5.41, 5.74) is 13.0. The second kappa shape index (κ2) is 8.60. The molecule has 0 aliphatic carbocycles. The second-order valence-corrected chi connectivity index (χ2v) is 6.21. The van der Waals surface area contributed by atoms with E-state index in [1.165, 1.54) is 0 Å². The van der Waals surface area contributed by atoms with Crippen molar-refractivity contribution in [3.05, 3.63) is 72.2 Å². The molecule has 0 aliphatic heterocycles. The number of fused-ring (bicyclic) bond motifs is 2. The molecule has 8 heteroatoms. The third-order valence-electron chi connectivity index (χ3n) is 4.33. The summed E-state index contributed by atoms with van der Waals surface area (Å²) >= 11 is 0. The van der Waals surface area contributed by atoms with E-state index in [-0.39, 0.29) is 18.3 Å². The Kier molecular flexibility index (Phi) is 5.98. The van der Waals surface area contributed by atoms with Gasteiger partial charge in [-0.05, 0) is 35.7 Å². The quantitative estimate of drug-likeness (QED) is 0.357. The van der Waals surface area contributed by atoms with E-state index in [1.807, 2.05) is 48.7 Å². The molecule has 1 unspecified atom stereocenters. The number of aromatic nitrogens is 3. The number of carbonyl (C=O) groups is 1. The average Bonchev–Trinajstić information content (AvgIpc) is 3.11. The Balaban J connectivity index is 0.00000225. The average molecular weight is 395 g/mol. The van der Waals surface area contributed by atoms with Crippen LogP contribution in [0, 0.1) is 0 Å². The lowest BCUT2D eigenvalue weighted by molar-refractivity contribution is -0.122. The molecule has 1 amide bonds. The highest BCUT2D eigenvalue weighted by molar-refractivity contribution is 5.89. The highest BCUT2D eigenvalue weighted by Gasteiger charge is 2.15. The molecule has 7 nitrogen and oxygen atoms in total. The number of benzene rings is 2. The number of hydrazone groups is 1. The Labute approximate surface area is 167 Å². The summed E-state index contributed by atoms with van der Waals surface area (Å²) in [6.45, 7) is 0. The number of nitrogens with two attached hydrogens (primary N) is 1. The summed E-state index contributed by atoms with van der Waals surface area (Å²) in [6, 6.07) is 12.8. The first-order valence-electron chi connectivity index (χ1n) is 8.55. The highest BCUT2D eigenvalue weighted by Crippen LogP contribution is 2.18. The lowest BCUT2D eigenvalue weighted by atomic mass is 10.1. The summed E-state index contributed by atoms with van der Waals surface area (Å²) in [7, 11) is 0. The van der Waals surface area contributed by atoms with Gasteiger partial charge in [-0.15, -0.1) is 12.4 Å². The molecule has 0 fully saturated rings.